The summed E-state index contributed by atoms with van der Waals surface area (Å²) >= 11 is 0. The molecule has 0 fully saturated rings. The lowest BCUT2D eigenvalue weighted by atomic mass is 9.86. The fourth-order valence-corrected chi connectivity index (χ4v) is 3.39. The highest BCUT2D eigenvalue weighted by atomic mass is 16.3. The third-order valence-corrected chi connectivity index (χ3v) is 4.48. The molecule has 116 valence electrons. The van der Waals surface area contributed by atoms with Gasteiger partial charge in [-0.15, -0.1) is 0 Å². The van der Waals surface area contributed by atoms with E-state index < -0.39 is 6.10 Å². The summed E-state index contributed by atoms with van der Waals surface area (Å²) < 4.78 is 0. The van der Waals surface area contributed by atoms with Crippen LogP contribution in [-0.2, 0) is 0 Å². The third-order valence-electron chi connectivity index (χ3n) is 4.48. The van der Waals surface area contributed by atoms with Gasteiger partial charge in [0.15, 0.2) is 0 Å². The smallest absolute Gasteiger partial charge is 0.0881 e. The SMILES string of the molecule is OCC(O)C(c1c[nH]c2ccccc12)c1c[nH]c2ccccc12. The number of hydrogen-bond acceptors (Lipinski definition) is 2. The Bertz CT molecular complexity index is 880. The number of rotatable bonds is 4. The van der Waals surface area contributed by atoms with Crippen LogP contribution in [0.25, 0.3) is 21.8 Å². The molecule has 0 saturated carbocycles. The van der Waals surface area contributed by atoms with Crippen LogP contribution in [0.2, 0.25) is 0 Å². The normalized spacial score (nSPS) is 13.2. The Balaban J connectivity index is 1.95. The van der Waals surface area contributed by atoms with E-state index in [-0.39, 0.29) is 12.5 Å². The van der Waals surface area contributed by atoms with Gasteiger partial charge in [0.2, 0.25) is 0 Å². The van der Waals surface area contributed by atoms with Crippen LogP contribution < -0.4 is 0 Å². The molecule has 4 nitrogen and oxygen atoms in total. The highest BCUT2D eigenvalue weighted by Crippen LogP contribution is 2.36. The molecule has 0 radical (unpaired) electrons. The zero-order valence-electron chi connectivity index (χ0n) is 12.5. The van der Waals surface area contributed by atoms with Crippen molar-refractivity contribution in [2.75, 3.05) is 6.61 Å². The summed E-state index contributed by atoms with van der Waals surface area (Å²) in [5, 5.41) is 22.2. The molecule has 0 aliphatic carbocycles. The molecule has 23 heavy (non-hydrogen) atoms. The molecule has 0 amide bonds. The molecule has 1 unspecified atom stereocenters. The van der Waals surface area contributed by atoms with E-state index in [9.17, 15) is 10.2 Å². The molecule has 1 atom stereocenters. The number of hydrogen-bond donors (Lipinski definition) is 4. The summed E-state index contributed by atoms with van der Waals surface area (Å²) in [5.74, 6) is -0.299. The fourth-order valence-electron chi connectivity index (χ4n) is 3.39. The average molecular weight is 306 g/mol. The molecular weight excluding hydrogens is 288 g/mol. The highest BCUT2D eigenvalue weighted by Gasteiger charge is 2.27. The molecule has 2 aromatic heterocycles. The lowest BCUT2D eigenvalue weighted by molar-refractivity contribution is 0.0829. The van der Waals surface area contributed by atoms with E-state index in [0.29, 0.717) is 0 Å². The minimum Gasteiger partial charge on any atom is -0.394 e. The monoisotopic (exact) mass is 306 g/mol. The molecule has 4 aromatic rings. The summed E-state index contributed by atoms with van der Waals surface area (Å²) in [7, 11) is 0. The van der Waals surface area contributed by atoms with Gasteiger partial charge < -0.3 is 20.2 Å². The third kappa shape index (κ3) is 2.23. The number of aliphatic hydroxyl groups excluding tert-OH is 2. The highest BCUT2D eigenvalue weighted by molar-refractivity contribution is 5.88. The van der Waals surface area contributed by atoms with Gasteiger partial charge >= 0.3 is 0 Å². The Hall–Kier alpha value is -2.56. The second-order valence-electron chi connectivity index (χ2n) is 5.81. The zero-order valence-corrected chi connectivity index (χ0v) is 12.5. The first-order chi connectivity index (χ1) is 11.3. The number of para-hydroxylation sites is 2. The Morgan fingerprint density at radius 1 is 0.783 bits per heavy atom. The van der Waals surface area contributed by atoms with Crippen LogP contribution >= 0.6 is 0 Å². The molecule has 4 heteroatoms. The number of nitrogens with one attached hydrogen (secondary N) is 2. The second-order valence-corrected chi connectivity index (χ2v) is 5.81. The number of benzene rings is 2. The summed E-state index contributed by atoms with van der Waals surface area (Å²) in [6, 6.07) is 16.0. The number of aromatic amines is 2. The van der Waals surface area contributed by atoms with Crippen molar-refractivity contribution in [2.24, 2.45) is 0 Å². The van der Waals surface area contributed by atoms with E-state index in [1.807, 2.05) is 60.9 Å². The van der Waals surface area contributed by atoms with Crippen LogP contribution in [0.15, 0.2) is 60.9 Å². The van der Waals surface area contributed by atoms with Crippen molar-refractivity contribution in [1.82, 2.24) is 9.97 Å². The van der Waals surface area contributed by atoms with E-state index in [1.165, 1.54) is 0 Å². The number of fused-ring (bicyclic) bond motifs is 2. The van der Waals surface area contributed by atoms with Crippen LogP contribution in [-0.4, -0.2) is 32.9 Å². The van der Waals surface area contributed by atoms with Gasteiger partial charge in [0.05, 0.1) is 12.7 Å². The molecule has 0 aliphatic heterocycles. The molecule has 0 spiro atoms. The Labute approximate surface area is 133 Å². The van der Waals surface area contributed by atoms with E-state index in [2.05, 4.69) is 9.97 Å². The Kier molecular flexibility index (Phi) is 3.41. The van der Waals surface area contributed by atoms with E-state index >= 15 is 0 Å². The molecular formula is C19H18N2O2. The van der Waals surface area contributed by atoms with Crippen molar-refractivity contribution in [2.45, 2.75) is 12.0 Å². The molecule has 2 aromatic carbocycles. The van der Waals surface area contributed by atoms with E-state index in [1.54, 1.807) is 0 Å². The predicted octanol–water partition coefficient (Wildman–Crippen LogP) is 3.13. The molecule has 0 bridgehead atoms. The fraction of sp³-hybridized carbons (Fsp3) is 0.158. The van der Waals surface area contributed by atoms with Gasteiger partial charge in [-0.05, 0) is 23.3 Å². The molecule has 0 aliphatic rings. The number of aliphatic hydroxyl groups is 2. The maximum absolute atomic E-state index is 10.5. The summed E-state index contributed by atoms with van der Waals surface area (Å²) in [6.07, 6.45) is 2.99. The maximum atomic E-state index is 10.5. The van der Waals surface area contributed by atoms with Crippen molar-refractivity contribution in [3.05, 3.63) is 72.1 Å². The van der Waals surface area contributed by atoms with Gasteiger partial charge in [0, 0.05) is 40.1 Å². The van der Waals surface area contributed by atoms with E-state index in [4.69, 9.17) is 0 Å². The topological polar surface area (TPSA) is 72.0 Å². The number of aromatic nitrogens is 2. The van der Waals surface area contributed by atoms with Crippen molar-refractivity contribution >= 4 is 21.8 Å². The number of H-pyrrole nitrogens is 2. The standard InChI is InChI=1S/C19H18N2O2/c22-11-18(23)19(14-9-20-16-7-3-1-5-12(14)16)15-10-21-17-8-4-2-6-13(15)17/h1-10,18-23H,11H2. The first-order valence-electron chi connectivity index (χ1n) is 7.70. The van der Waals surface area contributed by atoms with Gasteiger partial charge in [-0.1, -0.05) is 36.4 Å². The van der Waals surface area contributed by atoms with Crippen LogP contribution in [0.3, 0.4) is 0 Å². The van der Waals surface area contributed by atoms with Crippen molar-refractivity contribution in [3.8, 4) is 0 Å². The van der Waals surface area contributed by atoms with Gasteiger partial charge in [-0.3, -0.25) is 0 Å². The van der Waals surface area contributed by atoms with Crippen LogP contribution in [0.5, 0.6) is 0 Å². The first kappa shape index (κ1) is 14.1. The van der Waals surface area contributed by atoms with Gasteiger partial charge in [0.25, 0.3) is 0 Å². The second kappa shape index (κ2) is 5.57. The maximum Gasteiger partial charge on any atom is 0.0881 e. The van der Waals surface area contributed by atoms with Gasteiger partial charge in [-0.2, -0.15) is 0 Å². The molecule has 4 rings (SSSR count). The summed E-state index contributed by atoms with van der Waals surface area (Å²) in [4.78, 5) is 6.51. The molecule has 2 heterocycles. The molecule has 4 N–H and O–H groups in total. The van der Waals surface area contributed by atoms with Crippen LogP contribution in [0.4, 0.5) is 0 Å². The van der Waals surface area contributed by atoms with Gasteiger partial charge in [0.1, 0.15) is 0 Å². The minimum atomic E-state index is -0.867. The predicted molar refractivity (Wildman–Crippen MR) is 91.5 cm³/mol. The van der Waals surface area contributed by atoms with Crippen molar-refractivity contribution < 1.29 is 10.2 Å². The van der Waals surface area contributed by atoms with Crippen molar-refractivity contribution in [3.63, 3.8) is 0 Å². The van der Waals surface area contributed by atoms with Crippen LogP contribution in [0.1, 0.15) is 17.0 Å². The lowest BCUT2D eigenvalue weighted by Crippen LogP contribution is -2.23. The van der Waals surface area contributed by atoms with Gasteiger partial charge in [-0.25, -0.2) is 0 Å². The summed E-state index contributed by atoms with van der Waals surface area (Å²) in [6.45, 7) is -0.288. The molecule has 0 saturated heterocycles. The van der Waals surface area contributed by atoms with Crippen molar-refractivity contribution in [1.29, 1.82) is 0 Å². The minimum absolute atomic E-state index is 0.288. The summed E-state index contributed by atoms with van der Waals surface area (Å²) in [5.41, 5.74) is 4.04. The first-order valence-corrected chi connectivity index (χ1v) is 7.70. The lowest BCUT2D eigenvalue weighted by Gasteiger charge is -2.21. The Morgan fingerprint density at radius 2 is 1.26 bits per heavy atom. The van der Waals surface area contributed by atoms with E-state index in [0.717, 1.165) is 32.9 Å². The zero-order chi connectivity index (χ0) is 15.8. The quantitative estimate of drug-likeness (QED) is 0.468. The average Bonchev–Trinajstić information content (AvgIpc) is 3.20. The largest absolute Gasteiger partial charge is 0.394 e. The van der Waals surface area contributed by atoms with Crippen LogP contribution in [0, 0.1) is 0 Å². The Morgan fingerprint density at radius 3 is 1.74 bits per heavy atom.